The molecule has 2 aliphatic carbocycles. The van der Waals surface area contributed by atoms with Crippen LogP contribution in [0, 0.1) is 5.92 Å². The third-order valence-corrected chi connectivity index (χ3v) is 4.80. The first kappa shape index (κ1) is 10.3. The zero-order valence-electron chi connectivity index (χ0n) is 10.6. The van der Waals surface area contributed by atoms with Gasteiger partial charge in [0.1, 0.15) is 11.3 Å². The summed E-state index contributed by atoms with van der Waals surface area (Å²) in [6.45, 7) is 0. The van der Waals surface area contributed by atoms with E-state index in [0.717, 1.165) is 22.9 Å². The number of nitrogens with zero attached hydrogens (tertiary/aromatic N) is 4. The number of rotatable bonds is 1. The fourth-order valence-corrected chi connectivity index (χ4v) is 3.77. The maximum atomic E-state index is 6.04. The summed E-state index contributed by atoms with van der Waals surface area (Å²) in [4.78, 5) is 13.6. The van der Waals surface area contributed by atoms with E-state index >= 15 is 0 Å². The SMILES string of the molecule is Cn1cnc2c(N)nc(C34CCC(CC3)C4)nc21. The van der Waals surface area contributed by atoms with Crippen molar-refractivity contribution in [3.8, 4) is 0 Å². The quantitative estimate of drug-likeness (QED) is 0.828. The van der Waals surface area contributed by atoms with Crippen molar-refractivity contribution in [1.29, 1.82) is 0 Å². The predicted octanol–water partition coefficient (Wildman–Crippen LogP) is 1.78. The van der Waals surface area contributed by atoms with Crippen LogP contribution in [0.4, 0.5) is 5.82 Å². The van der Waals surface area contributed by atoms with Crippen LogP contribution < -0.4 is 5.73 Å². The van der Waals surface area contributed by atoms with Gasteiger partial charge in [-0.25, -0.2) is 15.0 Å². The molecule has 5 heteroatoms. The molecule has 4 rings (SSSR count). The zero-order valence-corrected chi connectivity index (χ0v) is 10.6. The average Bonchev–Trinajstić information content (AvgIpc) is 3.05. The Labute approximate surface area is 105 Å². The molecule has 0 atom stereocenters. The molecule has 5 nitrogen and oxygen atoms in total. The second-order valence-corrected chi connectivity index (χ2v) is 5.89. The van der Waals surface area contributed by atoms with E-state index in [-0.39, 0.29) is 5.41 Å². The largest absolute Gasteiger partial charge is 0.382 e. The van der Waals surface area contributed by atoms with Gasteiger partial charge in [0.2, 0.25) is 0 Å². The highest BCUT2D eigenvalue weighted by Crippen LogP contribution is 2.54. The van der Waals surface area contributed by atoms with Gasteiger partial charge in [0.05, 0.1) is 6.33 Å². The van der Waals surface area contributed by atoms with Crippen molar-refractivity contribution in [1.82, 2.24) is 19.5 Å². The van der Waals surface area contributed by atoms with Crippen LogP contribution in [0.1, 0.15) is 37.9 Å². The molecule has 2 aromatic heterocycles. The molecule has 2 N–H and O–H groups in total. The first-order valence-electron chi connectivity index (χ1n) is 6.63. The van der Waals surface area contributed by atoms with Gasteiger partial charge in [-0.1, -0.05) is 0 Å². The minimum absolute atomic E-state index is 0.206. The number of imidazole rings is 1. The van der Waals surface area contributed by atoms with Crippen molar-refractivity contribution in [3.05, 3.63) is 12.2 Å². The first-order valence-corrected chi connectivity index (χ1v) is 6.63. The van der Waals surface area contributed by atoms with Gasteiger partial charge in [0, 0.05) is 12.5 Å². The fourth-order valence-electron chi connectivity index (χ4n) is 3.77. The Kier molecular flexibility index (Phi) is 1.84. The van der Waals surface area contributed by atoms with Crippen molar-refractivity contribution in [2.75, 3.05) is 5.73 Å². The smallest absolute Gasteiger partial charge is 0.165 e. The highest BCUT2D eigenvalue weighted by atomic mass is 15.1. The Bertz CT molecular complexity index is 622. The van der Waals surface area contributed by atoms with Crippen LogP contribution in [-0.4, -0.2) is 19.5 Å². The van der Waals surface area contributed by atoms with Crippen molar-refractivity contribution in [2.24, 2.45) is 13.0 Å². The van der Waals surface area contributed by atoms with Crippen molar-refractivity contribution in [2.45, 2.75) is 37.5 Å². The lowest BCUT2D eigenvalue weighted by atomic mass is 9.83. The Morgan fingerprint density at radius 1 is 1.33 bits per heavy atom. The van der Waals surface area contributed by atoms with Crippen molar-refractivity contribution in [3.63, 3.8) is 0 Å². The van der Waals surface area contributed by atoms with E-state index in [9.17, 15) is 0 Å². The number of anilines is 1. The fraction of sp³-hybridized carbons (Fsp3) is 0.615. The zero-order chi connectivity index (χ0) is 12.3. The van der Waals surface area contributed by atoms with Gasteiger partial charge in [0.15, 0.2) is 11.5 Å². The van der Waals surface area contributed by atoms with Gasteiger partial charge < -0.3 is 10.3 Å². The number of aryl methyl sites for hydroxylation is 1. The highest BCUT2D eigenvalue weighted by molar-refractivity contribution is 5.81. The average molecular weight is 243 g/mol. The molecule has 0 aliphatic heterocycles. The molecule has 2 saturated carbocycles. The number of hydrogen-bond acceptors (Lipinski definition) is 4. The standard InChI is InChI=1S/C13H17N5/c1-18-7-15-9-10(14)16-12(17-11(9)18)13-4-2-8(6-13)3-5-13/h7-8H,2-6H2,1H3,(H2,14,16,17). The summed E-state index contributed by atoms with van der Waals surface area (Å²) in [7, 11) is 1.95. The van der Waals surface area contributed by atoms with E-state index in [1.807, 2.05) is 11.6 Å². The van der Waals surface area contributed by atoms with Gasteiger partial charge >= 0.3 is 0 Å². The number of hydrogen-bond donors (Lipinski definition) is 1. The van der Waals surface area contributed by atoms with E-state index in [1.54, 1.807) is 6.33 Å². The number of aromatic nitrogens is 4. The number of nitrogen functional groups attached to an aromatic ring is 1. The third-order valence-electron chi connectivity index (χ3n) is 4.80. The number of nitrogens with two attached hydrogens (primary N) is 1. The molecule has 2 bridgehead atoms. The molecule has 2 aromatic rings. The summed E-state index contributed by atoms with van der Waals surface area (Å²) in [6.07, 6.45) is 8.10. The monoisotopic (exact) mass is 243 g/mol. The first-order chi connectivity index (χ1) is 8.68. The summed E-state index contributed by atoms with van der Waals surface area (Å²) < 4.78 is 1.93. The predicted molar refractivity (Wildman–Crippen MR) is 69.0 cm³/mol. The van der Waals surface area contributed by atoms with Crippen LogP contribution in [0.25, 0.3) is 11.2 Å². The summed E-state index contributed by atoms with van der Waals surface area (Å²) in [5.74, 6) is 2.37. The van der Waals surface area contributed by atoms with Gasteiger partial charge in [-0.05, 0) is 38.0 Å². The van der Waals surface area contributed by atoms with Crippen LogP contribution in [-0.2, 0) is 12.5 Å². The molecule has 18 heavy (non-hydrogen) atoms. The Morgan fingerprint density at radius 3 is 2.78 bits per heavy atom. The summed E-state index contributed by atoms with van der Waals surface area (Å²) in [5, 5.41) is 0. The van der Waals surface area contributed by atoms with Gasteiger partial charge in [0.25, 0.3) is 0 Å². The lowest BCUT2D eigenvalue weighted by Crippen LogP contribution is -2.23. The van der Waals surface area contributed by atoms with E-state index in [1.165, 1.54) is 32.1 Å². The minimum Gasteiger partial charge on any atom is -0.382 e. The van der Waals surface area contributed by atoms with Gasteiger partial charge in [-0.15, -0.1) is 0 Å². The molecule has 0 unspecified atom stereocenters. The maximum Gasteiger partial charge on any atom is 0.165 e. The van der Waals surface area contributed by atoms with E-state index in [4.69, 9.17) is 10.7 Å². The molecule has 0 amide bonds. The van der Waals surface area contributed by atoms with Gasteiger partial charge in [-0.2, -0.15) is 0 Å². The molecule has 94 valence electrons. The molecule has 2 fully saturated rings. The summed E-state index contributed by atoms with van der Waals surface area (Å²) >= 11 is 0. The Balaban J connectivity index is 1.93. The molecule has 0 saturated heterocycles. The lowest BCUT2D eigenvalue weighted by molar-refractivity contribution is 0.399. The highest BCUT2D eigenvalue weighted by Gasteiger charge is 2.48. The molecule has 2 aliphatic rings. The molecule has 2 heterocycles. The molecule has 0 spiro atoms. The van der Waals surface area contributed by atoms with Crippen molar-refractivity contribution < 1.29 is 0 Å². The van der Waals surface area contributed by atoms with Crippen LogP contribution in [0.3, 0.4) is 0 Å². The maximum absolute atomic E-state index is 6.04. The molecule has 0 aromatic carbocycles. The summed E-state index contributed by atoms with van der Waals surface area (Å²) in [5.41, 5.74) is 7.83. The Hall–Kier alpha value is -1.65. The Morgan fingerprint density at radius 2 is 2.11 bits per heavy atom. The minimum atomic E-state index is 0.206. The van der Waals surface area contributed by atoms with Crippen molar-refractivity contribution >= 4 is 17.0 Å². The van der Waals surface area contributed by atoms with Crippen LogP contribution in [0.15, 0.2) is 6.33 Å². The lowest BCUT2D eigenvalue weighted by Gasteiger charge is -2.24. The summed E-state index contributed by atoms with van der Waals surface area (Å²) in [6, 6.07) is 0. The van der Waals surface area contributed by atoms with Crippen LogP contribution in [0.2, 0.25) is 0 Å². The second kappa shape index (κ2) is 3.22. The number of fused-ring (bicyclic) bond motifs is 3. The molecular formula is C13H17N5. The normalized spacial score (nSPS) is 30.4. The molecule has 0 radical (unpaired) electrons. The third kappa shape index (κ3) is 1.19. The van der Waals surface area contributed by atoms with Gasteiger partial charge in [-0.3, -0.25) is 0 Å². The van der Waals surface area contributed by atoms with Crippen LogP contribution in [0.5, 0.6) is 0 Å². The van der Waals surface area contributed by atoms with E-state index in [2.05, 4.69) is 9.97 Å². The molecular weight excluding hydrogens is 226 g/mol. The second-order valence-electron chi connectivity index (χ2n) is 5.89. The van der Waals surface area contributed by atoms with Crippen LogP contribution >= 0.6 is 0 Å². The topological polar surface area (TPSA) is 69.6 Å². The van der Waals surface area contributed by atoms with E-state index < -0.39 is 0 Å². The van der Waals surface area contributed by atoms with E-state index in [0.29, 0.717) is 5.82 Å².